The third-order valence-corrected chi connectivity index (χ3v) is 3.56. The Morgan fingerprint density at radius 2 is 2.38 bits per heavy atom. The molecule has 2 aliphatic rings. The maximum absolute atomic E-state index is 12.1. The Labute approximate surface area is 97.3 Å². The van der Waals surface area contributed by atoms with Gasteiger partial charge in [0.25, 0.3) is 0 Å². The number of likely N-dealkylation sites (tertiary alicyclic amines) is 1. The Bertz CT molecular complexity index is 239. The van der Waals surface area contributed by atoms with Gasteiger partial charge in [-0.25, -0.2) is 0 Å². The number of amides is 1. The van der Waals surface area contributed by atoms with E-state index in [1.807, 2.05) is 11.8 Å². The van der Waals surface area contributed by atoms with E-state index in [1.54, 1.807) is 0 Å². The van der Waals surface area contributed by atoms with Crippen molar-refractivity contribution in [3.63, 3.8) is 0 Å². The van der Waals surface area contributed by atoms with Gasteiger partial charge in [-0.1, -0.05) is 0 Å². The molecule has 1 N–H and O–H groups in total. The van der Waals surface area contributed by atoms with Crippen LogP contribution in [0.1, 0.15) is 19.8 Å². The summed E-state index contributed by atoms with van der Waals surface area (Å²) in [5.74, 6) is 1.13. The zero-order valence-corrected chi connectivity index (χ0v) is 10.1. The summed E-state index contributed by atoms with van der Waals surface area (Å²) in [6, 6.07) is 0. The highest BCUT2D eigenvalue weighted by atomic mass is 16.5. The number of ether oxygens (including phenoxy) is 1. The first-order valence-corrected chi connectivity index (χ1v) is 6.38. The van der Waals surface area contributed by atoms with Gasteiger partial charge in [0.15, 0.2) is 0 Å². The van der Waals surface area contributed by atoms with Gasteiger partial charge in [-0.15, -0.1) is 0 Å². The molecular weight excluding hydrogens is 204 g/mol. The Hall–Kier alpha value is -0.610. The van der Waals surface area contributed by atoms with Crippen LogP contribution in [-0.4, -0.2) is 50.2 Å². The molecule has 2 aliphatic heterocycles. The highest BCUT2D eigenvalue weighted by Gasteiger charge is 2.32. The smallest absolute Gasteiger partial charge is 0.227 e. The first kappa shape index (κ1) is 11.9. The van der Waals surface area contributed by atoms with Gasteiger partial charge in [0.2, 0.25) is 5.91 Å². The van der Waals surface area contributed by atoms with Crippen LogP contribution >= 0.6 is 0 Å². The fourth-order valence-electron chi connectivity index (χ4n) is 2.58. The molecule has 0 spiro atoms. The van der Waals surface area contributed by atoms with Gasteiger partial charge in [0.05, 0.1) is 12.5 Å². The van der Waals surface area contributed by atoms with Crippen LogP contribution in [0.25, 0.3) is 0 Å². The molecule has 2 fully saturated rings. The molecule has 0 aromatic rings. The lowest BCUT2D eigenvalue weighted by atomic mass is 10.1. The standard InChI is InChI=1S/C12H22N2O2/c1-2-16-9-10-4-6-14(8-10)12(15)11-3-5-13-7-11/h10-11,13H,2-9H2,1H3/t10-,11+/m0/s1. The molecule has 0 aliphatic carbocycles. The van der Waals surface area contributed by atoms with Crippen molar-refractivity contribution in [3.8, 4) is 0 Å². The van der Waals surface area contributed by atoms with Crippen molar-refractivity contribution in [2.24, 2.45) is 11.8 Å². The Kier molecular flexibility index (Phi) is 4.18. The summed E-state index contributed by atoms with van der Waals surface area (Å²) in [4.78, 5) is 14.1. The average molecular weight is 226 g/mol. The van der Waals surface area contributed by atoms with Crippen molar-refractivity contribution in [2.45, 2.75) is 19.8 Å². The van der Waals surface area contributed by atoms with Crippen LogP contribution in [0.15, 0.2) is 0 Å². The molecule has 2 rings (SSSR count). The summed E-state index contributed by atoms with van der Waals surface area (Å²) in [7, 11) is 0. The van der Waals surface area contributed by atoms with Gasteiger partial charge in [-0.2, -0.15) is 0 Å². The van der Waals surface area contributed by atoms with Crippen molar-refractivity contribution in [1.29, 1.82) is 0 Å². The zero-order chi connectivity index (χ0) is 11.4. The fraction of sp³-hybridized carbons (Fsp3) is 0.917. The maximum Gasteiger partial charge on any atom is 0.227 e. The largest absolute Gasteiger partial charge is 0.381 e. The van der Waals surface area contributed by atoms with E-state index < -0.39 is 0 Å². The molecule has 2 heterocycles. The van der Waals surface area contributed by atoms with E-state index in [2.05, 4.69) is 5.32 Å². The Morgan fingerprint density at radius 1 is 1.50 bits per heavy atom. The Morgan fingerprint density at radius 3 is 3.06 bits per heavy atom. The first-order chi connectivity index (χ1) is 7.81. The molecule has 0 bridgehead atoms. The van der Waals surface area contributed by atoms with Gasteiger partial charge in [-0.3, -0.25) is 4.79 Å². The zero-order valence-electron chi connectivity index (χ0n) is 10.1. The van der Waals surface area contributed by atoms with Crippen molar-refractivity contribution in [1.82, 2.24) is 10.2 Å². The van der Waals surface area contributed by atoms with E-state index in [0.717, 1.165) is 52.2 Å². The van der Waals surface area contributed by atoms with E-state index in [9.17, 15) is 4.79 Å². The highest BCUT2D eigenvalue weighted by molar-refractivity contribution is 5.79. The van der Waals surface area contributed by atoms with E-state index in [0.29, 0.717) is 11.8 Å². The molecule has 92 valence electrons. The molecule has 0 radical (unpaired) electrons. The minimum atomic E-state index is 0.228. The molecule has 2 atom stereocenters. The Balaban J connectivity index is 1.76. The van der Waals surface area contributed by atoms with E-state index >= 15 is 0 Å². The molecule has 0 aromatic carbocycles. The summed E-state index contributed by atoms with van der Waals surface area (Å²) in [5, 5.41) is 3.25. The summed E-state index contributed by atoms with van der Waals surface area (Å²) in [5.41, 5.74) is 0. The lowest BCUT2D eigenvalue weighted by Crippen LogP contribution is -2.35. The second-order valence-electron chi connectivity index (χ2n) is 4.79. The average Bonchev–Trinajstić information content (AvgIpc) is 2.96. The lowest BCUT2D eigenvalue weighted by molar-refractivity contribution is -0.134. The molecule has 1 amide bonds. The topological polar surface area (TPSA) is 41.6 Å². The van der Waals surface area contributed by atoms with Crippen LogP contribution in [0, 0.1) is 11.8 Å². The second-order valence-corrected chi connectivity index (χ2v) is 4.79. The molecule has 4 nitrogen and oxygen atoms in total. The summed E-state index contributed by atoms with van der Waals surface area (Å²) < 4.78 is 5.42. The summed E-state index contributed by atoms with van der Waals surface area (Å²) in [6.07, 6.45) is 2.11. The van der Waals surface area contributed by atoms with Gasteiger partial charge in [-0.05, 0) is 26.3 Å². The second kappa shape index (κ2) is 5.64. The summed E-state index contributed by atoms with van der Waals surface area (Å²) in [6.45, 7) is 7.28. The van der Waals surface area contributed by atoms with Gasteiger partial charge >= 0.3 is 0 Å². The highest BCUT2D eigenvalue weighted by Crippen LogP contribution is 2.20. The normalized spacial score (nSPS) is 29.9. The van der Waals surface area contributed by atoms with Crippen LogP contribution in [0.4, 0.5) is 0 Å². The number of rotatable bonds is 4. The monoisotopic (exact) mass is 226 g/mol. The predicted octanol–water partition coefficient (Wildman–Crippen LogP) is 0.481. The van der Waals surface area contributed by atoms with E-state index in [-0.39, 0.29) is 5.92 Å². The van der Waals surface area contributed by atoms with Crippen molar-refractivity contribution in [2.75, 3.05) is 39.4 Å². The third kappa shape index (κ3) is 2.74. The molecular formula is C12H22N2O2. The van der Waals surface area contributed by atoms with Gasteiger partial charge in [0.1, 0.15) is 0 Å². The molecule has 16 heavy (non-hydrogen) atoms. The van der Waals surface area contributed by atoms with E-state index in [4.69, 9.17) is 4.74 Å². The van der Waals surface area contributed by atoms with Crippen LogP contribution in [0.5, 0.6) is 0 Å². The van der Waals surface area contributed by atoms with Gasteiger partial charge < -0.3 is 15.0 Å². The van der Waals surface area contributed by atoms with Crippen LogP contribution in [-0.2, 0) is 9.53 Å². The number of hydrogen-bond acceptors (Lipinski definition) is 3. The number of carbonyl (C=O) groups is 1. The van der Waals surface area contributed by atoms with Crippen molar-refractivity contribution in [3.05, 3.63) is 0 Å². The minimum absolute atomic E-state index is 0.228. The fourth-order valence-corrected chi connectivity index (χ4v) is 2.58. The predicted molar refractivity (Wildman–Crippen MR) is 62.2 cm³/mol. The van der Waals surface area contributed by atoms with E-state index in [1.165, 1.54) is 0 Å². The van der Waals surface area contributed by atoms with Crippen LogP contribution in [0.2, 0.25) is 0 Å². The molecule has 0 unspecified atom stereocenters. The molecule has 0 saturated carbocycles. The lowest BCUT2D eigenvalue weighted by Gasteiger charge is -2.20. The molecule has 4 heteroatoms. The van der Waals surface area contributed by atoms with Crippen molar-refractivity contribution >= 4 is 5.91 Å². The molecule has 2 saturated heterocycles. The minimum Gasteiger partial charge on any atom is -0.381 e. The van der Waals surface area contributed by atoms with Crippen molar-refractivity contribution < 1.29 is 9.53 Å². The maximum atomic E-state index is 12.1. The first-order valence-electron chi connectivity index (χ1n) is 6.38. The number of hydrogen-bond donors (Lipinski definition) is 1. The van der Waals surface area contributed by atoms with Crippen LogP contribution < -0.4 is 5.32 Å². The quantitative estimate of drug-likeness (QED) is 0.758. The molecule has 0 aromatic heterocycles. The number of carbonyl (C=O) groups excluding carboxylic acids is 1. The SMILES string of the molecule is CCOC[C@H]1CCN(C(=O)[C@@H]2CCNC2)C1. The van der Waals surface area contributed by atoms with Gasteiger partial charge in [0, 0.05) is 32.2 Å². The number of nitrogens with zero attached hydrogens (tertiary/aromatic N) is 1. The third-order valence-electron chi connectivity index (χ3n) is 3.56. The van der Waals surface area contributed by atoms with Crippen LogP contribution in [0.3, 0.4) is 0 Å². The number of nitrogens with one attached hydrogen (secondary N) is 1. The summed E-state index contributed by atoms with van der Waals surface area (Å²) >= 11 is 0.